The molecule has 2 atom stereocenters. The van der Waals surface area contributed by atoms with E-state index in [4.69, 9.17) is 5.73 Å². The van der Waals surface area contributed by atoms with Crippen LogP contribution in [0, 0.1) is 5.41 Å². The molecule has 0 radical (unpaired) electrons. The van der Waals surface area contributed by atoms with Gasteiger partial charge in [0.1, 0.15) is 0 Å². The van der Waals surface area contributed by atoms with Crippen LogP contribution in [0.5, 0.6) is 0 Å². The first-order valence-electron chi connectivity index (χ1n) is 5.89. The van der Waals surface area contributed by atoms with E-state index in [9.17, 15) is 4.79 Å². The second-order valence-corrected chi connectivity index (χ2v) is 6.46. The average molecular weight is 254 g/mol. The molecule has 3 nitrogen and oxygen atoms in total. The summed E-state index contributed by atoms with van der Waals surface area (Å²) < 4.78 is 0. The molecule has 0 aliphatic rings. The van der Waals surface area contributed by atoms with E-state index in [2.05, 4.69) is 5.32 Å². The van der Waals surface area contributed by atoms with Gasteiger partial charge in [0.05, 0.1) is 6.04 Å². The monoisotopic (exact) mass is 254 g/mol. The Morgan fingerprint density at radius 1 is 1.53 bits per heavy atom. The lowest BCUT2D eigenvalue weighted by atomic mass is 9.85. The van der Waals surface area contributed by atoms with Crippen LogP contribution in [0.25, 0.3) is 0 Å². The van der Waals surface area contributed by atoms with Crippen LogP contribution in [0.3, 0.4) is 0 Å². The number of hydrogen-bond acceptors (Lipinski definition) is 3. The van der Waals surface area contributed by atoms with Gasteiger partial charge >= 0.3 is 0 Å². The Labute approximate surface area is 107 Å². The largest absolute Gasteiger partial charge is 0.349 e. The molecular weight excluding hydrogens is 232 g/mol. The average Bonchev–Trinajstić information content (AvgIpc) is 2.68. The fourth-order valence-electron chi connectivity index (χ4n) is 1.42. The maximum atomic E-state index is 11.8. The summed E-state index contributed by atoms with van der Waals surface area (Å²) in [5.41, 5.74) is 5.95. The first-order valence-corrected chi connectivity index (χ1v) is 6.77. The number of rotatable bonds is 4. The molecule has 0 aliphatic carbocycles. The van der Waals surface area contributed by atoms with Gasteiger partial charge in [-0.25, -0.2) is 0 Å². The third-order valence-corrected chi connectivity index (χ3v) is 3.92. The quantitative estimate of drug-likeness (QED) is 0.868. The Bertz CT molecular complexity index is 354. The molecule has 0 saturated heterocycles. The third kappa shape index (κ3) is 4.48. The molecule has 0 aromatic carbocycles. The van der Waals surface area contributed by atoms with Crippen molar-refractivity contribution < 1.29 is 4.79 Å². The van der Waals surface area contributed by atoms with Crippen LogP contribution in [0.15, 0.2) is 17.5 Å². The van der Waals surface area contributed by atoms with Gasteiger partial charge in [0.25, 0.3) is 0 Å². The van der Waals surface area contributed by atoms with Crippen LogP contribution in [-0.2, 0) is 4.79 Å². The number of thiophene rings is 1. The zero-order valence-electron chi connectivity index (χ0n) is 11.0. The van der Waals surface area contributed by atoms with Crippen molar-refractivity contribution in [1.29, 1.82) is 0 Å². The summed E-state index contributed by atoms with van der Waals surface area (Å²) in [6.07, 6.45) is 0.374. The predicted molar refractivity (Wildman–Crippen MR) is 72.9 cm³/mol. The van der Waals surface area contributed by atoms with Gasteiger partial charge in [-0.2, -0.15) is 0 Å². The van der Waals surface area contributed by atoms with Crippen LogP contribution < -0.4 is 11.1 Å². The van der Waals surface area contributed by atoms with Crippen LogP contribution in [0.4, 0.5) is 0 Å². The summed E-state index contributed by atoms with van der Waals surface area (Å²) in [4.78, 5) is 13.0. The summed E-state index contributed by atoms with van der Waals surface area (Å²) in [7, 11) is 0. The summed E-state index contributed by atoms with van der Waals surface area (Å²) >= 11 is 1.65. The number of hydrogen-bond donors (Lipinski definition) is 2. The van der Waals surface area contributed by atoms with Gasteiger partial charge in [0.15, 0.2) is 0 Å². The molecule has 0 bridgehead atoms. The standard InChI is InChI=1S/C13H22N2OS/c1-9(10-6-5-7-17-10)15-12(16)8-11(14)13(2,3)4/h5-7,9,11H,8,14H2,1-4H3,(H,15,16)/t9-,11?/m1/s1. The van der Waals surface area contributed by atoms with Gasteiger partial charge in [-0.1, -0.05) is 26.8 Å². The molecule has 0 spiro atoms. The van der Waals surface area contributed by atoms with E-state index >= 15 is 0 Å². The van der Waals surface area contributed by atoms with Crippen LogP contribution in [0.1, 0.15) is 45.0 Å². The molecule has 0 aliphatic heterocycles. The number of nitrogens with two attached hydrogens (primary N) is 1. The maximum Gasteiger partial charge on any atom is 0.222 e. The normalized spacial score (nSPS) is 15.4. The highest BCUT2D eigenvalue weighted by Crippen LogP contribution is 2.21. The SMILES string of the molecule is C[C@@H](NC(=O)CC(N)C(C)(C)C)c1cccs1. The molecule has 1 unspecified atom stereocenters. The van der Waals surface area contributed by atoms with Crippen molar-refractivity contribution in [2.24, 2.45) is 11.1 Å². The first-order chi connectivity index (χ1) is 7.80. The van der Waals surface area contributed by atoms with Crippen molar-refractivity contribution in [3.05, 3.63) is 22.4 Å². The highest BCUT2D eigenvalue weighted by Gasteiger charge is 2.23. The minimum atomic E-state index is -0.113. The van der Waals surface area contributed by atoms with Gasteiger partial charge in [-0.3, -0.25) is 4.79 Å². The van der Waals surface area contributed by atoms with Crippen molar-refractivity contribution in [2.75, 3.05) is 0 Å². The van der Waals surface area contributed by atoms with Crippen molar-refractivity contribution in [1.82, 2.24) is 5.32 Å². The Hall–Kier alpha value is -0.870. The smallest absolute Gasteiger partial charge is 0.222 e. The second-order valence-electron chi connectivity index (χ2n) is 5.48. The van der Waals surface area contributed by atoms with Crippen molar-refractivity contribution in [3.8, 4) is 0 Å². The summed E-state index contributed by atoms with van der Waals surface area (Å²) in [5, 5.41) is 4.99. The van der Waals surface area contributed by atoms with E-state index in [1.165, 1.54) is 4.88 Å². The van der Waals surface area contributed by atoms with E-state index in [1.807, 2.05) is 45.2 Å². The lowest BCUT2D eigenvalue weighted by molar-refractivity contribution is -0.122. The number of amides is 1. The maximum absolute atomic E-state index is 11.8. The Balaban J connectivity index is 2.45. The lowest BCUT2D eigenvalue weighted by Crippen LogP contribution is -2.40. The van der Waals surface area contributed by atoms with Crippen molar-refractivity contribution >= 4 is 17.2 Å². The van der Waals surface area contributed by atoms with E-state index in [-0.39, 0.29) is 23.4 Å². The minimum Gasteiger partial charge on any atom is -0.349 e. The molecule has 0 saturated carbocycles. The zero-order chi connectivity index (χ0) is 13.1. The summed E-state index contributed by atoms with van der Waals surface area (Å²) in [6, 6.07) is 3.97. The number of carbonyl (C=O) groups is 1. The molecule has 1 heterocycles. The molecular formula is C13H22N2OS. The number of nitrogens with one attached hydrogen (secondary N) is 1. The second kappa shape index (κ2) is 5.65. The molecule has 1 amide bonds. The summed E-state index contributed by atoms with van der Waals surface area (Å²) in [5.74, 6) is 0.0216. The number of carbonyl (C=O) groups excluding carboxylic acids is 1. The third-order valence-electron chi connectivity index (χ3n) is 2.87. The van der Waals surface area contributed by atoms with Gasteiger partial charge < -0.3 is 11.1 Å². The highest BCUT2D eigenvalue weighted by molar-refractivity contribution is 7.10. The molecule has 3 N–H and O–H groups in total. The molecule has 17 heavy (non-hydrogen) atoms. The van der Waals surface area contributed by atoms with E-state index < -0.39 is 0 Å². The van der Waals surface area contributed by atoms with E-state index in [0.717, 1.165) is 0 Å². The lowest BCUT2D eigenvalue weighted by Gasteiger charge is -2.27. The molecule has 0 fully saturated rings. The van der Waals surface area contributed by atoms with Crippen LogP contribution in [0.2, 0.25) is 0 Å². The van der Waals surface area contributed by atoms with Crippen molar-refractivity contribution in [2.45, 2.75) is 46.2 Å². The zero-order valence-corrected chi connectivity index (χ0v) is 11.8. The molecule has 96 valence electrons. The predicted octanol–water partition coefficient (Wildman–Crippen LogP) is 2.69. The Morgan fingerprint density at radius 3 is 2.65 bits per heavy atom. The first kappa shape index (κ1) is 14.2. The van der Waals surface area contributed by atoms with Gasteiger partial charge in [-0.15, -0.1) is 11.3 Å². The Morgan fingerprint density at radius 2 is 2.18 bits per heavy atom. The van der Waals surface area contributed by atoms with E-state index in [0.29, 0.717) is 6.42 Å². The topological polar surface area (TPSA) is 55.1 Å². The van der Waals surface area contributed by atoms with Crippen molar-refractivity contribution in [3.63, 3.8) is 0 Å². The molecule has 1 aromatic rings. The molecule has 1 aromatic heterocycles. The fourth-order valence-corrected chi connectivity index (χ4v) is 2.15. The minimum absolute atomic E-state index is 0.0216. The van der Waals surface area contributed by atoms with Gasteiger partial charge in [-0.05, 0) is 23.8 Å². The summed E-state index contributed by atoms with van der Waals surface area (Å²) in [6.45, 7) is 8.14. The highest BCUT2D eigenvalue weighted by atomic mass is 32.1. The Kier molecular flexibility index (Phi) is 4.71. The van der Waals surface area contributed by atoms with Crippen LogP contribution in [-0.4, -0.2) is 11.9 Å². The fraction of sp³-hybridized carbons (Fsp3) is 0.615. The molecule has 1 rings (SSSR count). The van der Waals surface area contributed by atoms with E-state index in [1.54, 1.807) is 11.3 Å². The van der Waals surface area contributed by atoms with Gasteiger partial charge in [0.2, 0.25) is 5.91 Å². The van der Waals surface area contributed by atoms with Gasteiger partial charge in [0, 0.05) is 17.3 Å². The van der Waals surface area contributed by atoms with Crippen LogP contribution >= 0.6 is 11.3 Å². The molecule has 4 heteroatoms.